The number of carbonyl (C=O) groups excluding carboxylic acids is 6. The first-order valence-corrected chi connectivity index (χ1v) is 18.5. The van der Waals surface area contributed by atoms with Gasteiger partial charge in [0.2, 0.25) is 23.5 Å². The number of piperidine rings is 1. The van der Waals surface area contributed by atoms with E-state index in [-0.39, 0.29) is 30.3 Å². The molecule has 6 atom stereocenters. The van der Waals surface area contributed by atoms with Crippen LogP contribution in [0.15, 0.2) is 12.7 Å². The van der Waals surface area contributed by atoms with E-state index in [1.807, 2.05) is 27.7 Å². The first-order valence-electron chi connectivity index (χ1n) is 18.5. The number of hydrogen-bond acceptors (Lipinski definition) is 7. The van der Waals surface area contributed by atoms with Gasteiger partial charge in [-0.3, -0.25) is 24.0 Å². The van der Waals surface area contributed by atoms with Crippen LogP contribution >= 0.6 is 0 Å². The van der Waals surface area contributed by atoms with E-state index in [1.54, 1.807) is 11.8 Å². The molecule has 3 fully saturated rings. The highest BCUT2D eigenvalue weighted by atomic mass is 16.5. The van der Waals surface area contributed by atoms with Crippen LogP contribution in [0.3, 0.4) is 0 Å². The van der Waals surface area contributed by atoms with Gasteiger partial charge in [-0.1, -0.05) is 73.3 Å². The van der Waals surface area contributed by atoms with Gasteiger partial charge in [0, 0.05) is 39.2 Å². The predicted octanol–water partition coefficient (Wildman–Crippen LogP) is 3.07. The molecule has 3 aliphatic heterocycles. The Balaban J connectivity index is 1.83. The number of carbonyl (C=O) groups is 6. The summed E-state index contributed by atoms with van der Waals surface area (Å²) in [4.78, 5) is 83.9. The van der Waals surface area contributed by atoms with Crippen molar-refractivity contribution in [1.29, 1.82) is 0 Å². The quantitative estimate of drug-likeness (QED) is 0.223. The van der Waals surface area contributed by atoms with E-state index in [0.717, 1.165) is 32.1 Å². The smallest absolute Gasteiger partial charge is 0.315 e. The number of urea groups is 1. The fourth-order valence-corrected chi connectivity index (χ4v) is 6.90. The normalized spacial score (nSPS) is 27.8. The van der Waals surface area contributed by atoms with E-state index >= 15 is 0 Å². The van der Waals surface area contributed by atoms with Gasteiger partial charge in [0.1, 0.15) is 12.1 Å². The molecule has 3 rings (SSSR count). The molecule has 3 heterocycles. The second-order valence-corrected chi connectivity index (χ2v) is 16.2. The number of amides is 6. The number of ether oxygens (including phenoxy) is 1. The molecule has 13 heteroatoms. The first-order chi connectivity index (χ1) is 23.4. The Labute approximate surface area is 298 Å². The van der Waals surface area contributed by atoms with E-state index in [1.165, 1.54) is 11.0 Å². The molecule has 282 valence electrons. The topological polar surface area (TPSA) is 166 Å². The number of fused-ring (bicyclic) bond motifs is 1. The fourth-order valence-electron chi connectivity index (χ4n) is 6.90. The maximum Gasteiger partial charge on any atom is 0.315 e. The van der Waals surface area contributed by atoms with Crippen LogP contribution in [0.25, 0.3) is 0 Å². The lowest BCUT2D eigenvalue weighted by Crippen LogP contribution is -2.62. The summed E-state index contributed by atoms with van der Waals surface area (Å²) in [6.07, 6.45) is 6.86. The summed E-state index contributed by atoms with van der Waals surface area (Å²) in [5.41, 5.74) is -0.462. The minimum Gasteiger partial charge on any atom is -0.376 e. The molecule has 0 aromatic carbocycles. The van der Waals surface area contributed by atoms with Gasteiger partial charge in [-0.25, -0.2) is 4.79 Å². The molecule has 0 bridgehead atoms. The molecule has 50 heavy (non-hydrogen) atoms. The van der Waals surface area contributed by atoms with Gasteiger partial charge < -0.3 is 35.8 Å². The number of ketones is 1. The van der Waals surface area contributed by atoms with Crippen LogP contribution < -0.4 is 21.3 Å². The van der Waals surface area contributed by atoms with Crippen molar-refractivity contribution in [2.24, 2.45) is 16.7 Å². The Hall–Kier alpha value is -3.48. The third-order valence-corrected chi connectivity index (χ3v) is 10.4. The summed E-state index contributed by atoms with van der Waals surface area (Å²) < 4.78 is 6.12. The van der Waals surface area contributed by atoms with Crippen molar-refractivity contribution >= 4 is 35.4 Å². The summed E-state index contributed by atoms with van der Waals surface area (Å²) in [5.74, 6) is -2.67. The van der Waals surface area contributed by atoms with Crippen molar-refractivity contribution in [2.75, 3.05) is 32.8 Å². The standard InChI is InChI=1S/C37H62N6O7/c1-9-18-38-33(47)31(45)26-15-13-11-10-12-14-21-50-25(3)29(34(48)43-19-16-24(2)30(43)32(46)39-26)41-35(49)40-27(36(4,5)6)23-42-20-17-37(7,8)22-28(42)44/h9,24-27,29-30H,1,10-23H2,2-8H3,(H,38,47)(H,39,46)(H2,40,41,49)/t24-,25-,26-,27+,29-,30-/m0/s1. The summed E-state index contributed by atoms with van der Waals surface area (Å²) in [6, 6.07) is -4.02. The zero-order valence-electron chi connectivity index (χ0n) is 31.4. The highest BCUT2D eigenvalue weighted by Gasteiger charge is 2.45. The molecule has 0 unspecified atom stereocenters. The second kappa shape index (κ2) is 18.1. The average molecular weight is 703 g/mol. The highest BCUT2D eigenvalue weighted by molar-refractivity contribution is 6.38. The predicted molar refractivity (Wildman–Crippen MR) is 191 cm³/mol. The minimum atomic E-state index is -1.11. The van der Waals surface area contributed by atoms with Gasteiger partial charge in [-0.05, 0) is 49.4 Å². The van der Waals surface area contributed by atoms with Crippen LogP contribution in [0.5, 0.6) is 0 Å². The van der Waals surface area contributed by atoms with Crippen LogP contribution in [0.1, 0.15) is 106 Å². The Morgan fingerprint density at radius 3 is 2.38 bits per heavy atom. The Kier molecular flexibility index (Phi) is 14.9. The van der Waals surface area contributed by atoms with Crippen LogP contribution in [-0.2, 0) is 28.7 Å². The average Bonchev–Trinajstić information content (AvgIpc) is 3.43. The highest BCUT2D eigenvalue weighted by Crippen LogP contribution is 2.32. The lowest BCUT2D eigenvalue weighted by atomic mass is 9.81. The third kappa shape index (κ3) is 11.5. The number of Topliss-reactive ketones (excluding diaryl/α,β-unsaturated/α-hetero) is 1. The molecule has 3 aliphatic rings. The van der Waals surface area contributed by atoms with E-state index in [9.17, 15) is 28.8 Å². The molecule has 3 saturated heterocycles. The number of nitrogens with zero attached hydrogens (tertiary/aromatic N) is 2. The summed E-state index contributed by atoms with van der Waals surface area (Å²) in [7, 11) is 0. The molecular weight excluding hydrogens is 640 g/mol. The molecule has 6 amide bonds. The van der Waals surface area contributed by atoms with Crippen molar-refractivity contribution < 1.29 is 33.5 Å². The fraction of sp³-hybridized carbons (Fsp3) is 0.784. The molecule has 0 spiro atoms. The Morgan fingerprint density at radius 2 is 1.72 bits per heavy atom. The monoisotopic (exact) mass is 702 g/mol. The zero-order chi connectivity index (χ0) is 37.2. The summed E-state index contributed by atoms with van der Waals surface area (Å²) in [5, 5.41) is 11.2. The zero-order valence-corrected chi connectivity index (χ0v) is 31.4. The van der Waals surface area contributed by atoms with Crippen LogP contribution in [0, 0.1) is 16.7 Å². The number of nitrogens with one attached hydrogen (secondary N) is 4. The van der Waals surface area contributed by atoms with E-state index in [0.29, 0.717) is 45.4 Å². The number of likely N-dealkylation sites (tertiary alicyclic amines) is 1. The van der Waals surface area contributed by atoms with Crippen LogP contribution in [0.4, 0.5) is 4.79 Å². The number of hydrogen-bond donors (Lipinski definition) is 4. The molecular formula is C37H62N6O7. The van der Waals surface area contributed by atoms with E-state index < -0.39 is 65.2 Å². The van der Waals surface area contributed by atoms with Crippen molar-refractivity contribution in [3.63, 3.8) is 0 Å². The van der Waals surface area contributed by atoms with Gasteiger partial charge in [0.15, 0.2) is 0 Å². The third-order valence-electron chi connectivity index (χ3n) is 10.4. The largest absolute Gasteiger partial charge is 0.376 e. The van der Waals surface area contributed by atoms with Gasteiger partial charge in [-0.2, -0.15) is 0 Å². The van der Waals surface area contributed by atoms with E-state index in [2.05, 4.69) is 41.7 Å². The molecule has 0 aliphatic carbocycles. The van der Waals surface area contributed by atoms with Crippen molar-refractivity contribution in [3.8, 4) is 0 Å². The molecule has 4 N–H and O–H groups in total. The lowest BCUT2D eigenvalue weighted by molar-refractivity contribution is -0.145. The number of rotatable bonds is 8. The van der Waals surface area contributed by atoms with Crippen molar-refractivity contribution in [3.05, 3.63) is 12.7 Å². The van der Waals surface area contributed by atoms with Gasteiger partial charge >= 0.3 is 6.03 Å². The summed E-state index contributed by atoms with van der Waals surface area (Å²) >= 11 is 0. The lowest BCUT2D eigenvalue weighted by Gasteiger charge is -2.41. The van der Waals surface area contributed by atoms with Crippen molar-refractivity contribution in [1.82, 2.24) is 31.1 Å². The van der Waals surface area contributed by atoms with Gasteiger partial charge in [-0.15, -0.1) is 6.58 Å². The maximum absolute atomic E-state index is 14.3. The summed E-state index contributed by atoms with van der Waals surface area (Å²) in [6.45, 7) is 19.1. The SMILES string of the molecule is C=CCNC(=O)C(=O)[C@@H]1CCCCCCCO[C@@H](C)[C@H](NC(=O)N[C@H](CN2CCC(C)(C)CC2=O)C(C)(C)C)C(=O)N2CC[C@H](C)[C@H]2C(=O)N1. The molecule has 13 nitrogen and oxygen atoms in total. The second-order valence-electron chi connectivity index (χ2n) is 16.2. The van der Waals surface area contributed by atoms with Crippen LogP contribution in [0.2, 0.25) is 0 Å². The van der Waals surface area contributed by atoms with Gasteiger partial charge in [0.05, 0.1) is 18.2 Å². The van der Waals surface area contributed by atoms with E-state index in [4.69, 9.17) is 4.74 Å². The molecule has 0 aromatic heterocycles. The molecule has 0 saturated carbocycles. The minimum absolute atomic E-state index is 0.0567. The van der Waals surface area contributed by atoms with Crippen molar-refractivity contribution in [2.45, 2.75) is 137 Å². The molecule has 0 radical (unpaired) electrons. The molecule has 0 aromatic rings. The van der Waals surface area contributed by atoms with Gasteiger partial charge in [0.25, 0.3) is 5.91 Å². The van der Waals surface area contributed by atoms with Crippen LogP contribution in [-0.4, -0.2) is 108 Å². The Bertz CT molecular complexity index is 1250. The first kappa shape index (κ1) is 40.9. The Morgan fingerprint density at radius 1 is 1.04 bits per heavy atom. The maximum atomic E-state index is 14.3.